The molecule has 1 heteroatoms. The van der Waals surface area contributed by atoms with Crippen LogP contribution in [0.5, 0.6) is 5.75 Å². The van der Waals surface area contributed by atoms with Crippen molar-refractivity contribution >= 4 is 21.5 Å². The number of hydrogen-bond acceptors (Lipinski definition) is 1. The fraction of sp³-hybridized carbons (Fsp3) is 0.289. The van der Waals surface area contributed by atoms with Gasteiger partial charge in [0.1, 0.15) is 5.75 Å². The molecule has 232 valence electrons. The van der Waals surface area contributed by atoms with Gasteiger partial charge < -0.3 is 4.74 Å². The average molecular weight is 603 g/mol. The van der Waals surface area contributed by atoms with Crippen LogP contribution in [0.2, 0.25) is 0 Å². The predicted molar refractivity (Wildman–Crippen MR) is 198 cm³/mol. The molecular weight excluding hydrogens is 556 g/mol. The van der Waals surface area contributed by atoms with Crippen LogP contribution < -0.4 is 4.74 Å². The van der Waals surface area contributed by atoms with Gasteiger partial charge in [-0.15, -0.1) is 0 Å². The minimum absolute atomic E-state index is 0.0643. The number of benzene rings is 6. The van der Waals surface area contributed by atoms with Gasteiger partial charge in [-0.05, 0) is 121 Å². The molecule has 0 N–H and O–H groups in total. The number of fused-ring (bicyclic) bond motifs is 5. The fourth-order valence-corrected chi connectivity index (χ4v) is 8.10. The van der Waals surface area contributed by atoms with Crippen LogP contribution in [0.25, 0.3) is 43.8 Å². The van der Waals surface area contributed by atoms with Crippen LogP contribution in [0.15, 0.2) is 109 Å². The van der Waals surface area contributed by atoms with E-state index in [2.05, 4.69) is 145 Å². The van der Waals surface area contributed by atoms with Crippen LogP contribution in [-0.2, 0) is 10.8 Å². The standard InChI is InChI=1S/C45H46O/c1-8-44(6,38-19-22-41-40-21-17-30(29(4)5)27-42(40)45(9-2,10-3)43(41)28-38)37-18-15-33-23-31(11-13-35(33)25-37)32-12-14-36-26-39(46-7)20-16-34(36)24-32/h11-29H,8-10H2,1-7H3. The van der Waals surface area contributed by atoms with E-state index in [1.165, 1.54) is 71.6 Å². The smallest absolute Gasteiger partial charge is 0.119 e. The number of ether oxygens (including phenoxy) is 1. The third kappa shape index (κ3) is 4.66. The number of methoxy groups -OCH3 is 1. The Hall–Kier alpha value is -4.36. The maximum atomic E-state index is 5.42. The molecule has 0 aromatic heterocycles. The molecule has 0 saturated carbocycles. The van der Waals surface area contributed by atoms with Gasteiger partial charge in [0.2, 0.25) is 0 Å². The second-order valence-electron chi connectivity index (χ2n) is 13.9. The molecule has 6 aromatic carbocycles. The highest BCUT2D eigenvalue weighted by atomic mass is 16.5. The molecule has 1 aliphatic carbocycles. The van der Waals surface area contributed by atoms with Crippen LogP contribution in [0.3, 0.4) is 0 Å². The summed E-state index contributed by atoms with van der Waals surface area (Å²) in [5.74, 6) is 1.42. The molecule has 46 heavy (non-hydrogen) atoms. The van der Waals surface area contributed by atoms with Gasteiger partial charge in [0.25, 0.3) is 0 Å². The first-order valence-corrected chi connectivity index (χ1v) is 17.2. The van der Waals surface area contributed by atoms with E-state index in [4.69, 9.17) is 4.74 Å². The van der Waals surface area contributed by atoms with Crippen molar-refractivity contribution in [2.75, 3.05) is 7.11 Å². The van der Waals surface area contributed by atoms with Gasteiger partial charge in [-0.1, -0.05) is 126 Å². The van der Waals surface area contributed by atoms with Gasteiger partial charge in [0, 0.05) is 10.8 Å². The van der Waals surface area contributed by atoms with E-state index >= 15 is 0 Å². The second-order valence-corrected chi connectivity index (χ2v) is 13.9. The van der Waals surface area contributed by atoms with Crippen molar-refractivity contribution in [3.63, 3.8) is 0 Å². The molecule has 6 aromatic rings. The van der Waals surface area contributed by atoms with Crippen LogP contribution in [-0.4, -0.2) is 7.11 Å². The van der Waals surface area contributed by atoms with E-state index in [0.29, 0.717) is 5.92 Å². The highest BCUT2D eigenvalue weighted by molar-refractivity contribution is 5.92. The Kier molecular flexibility index (Phi) is 7.55. The normalized spacial score (nSPS) is 14.8. The highest BCUT2D eigenvalue weighted by Crippen LogP contribution is 2.54. The van der Waals surface area contributed by atoms with Crippen LogP contribution in [0.4, 0.5) is 0 Å². The van der Waals surface area contributed by atoms with Crippen molar-refractivity contribution in [2.45, 2.75) is 77.6 Å². The molecule has 0 aliphatic heterocycles. The lowest BCUT2D eigenvalue weighted by Gasteiger charge is -2.34. The van der Waals surface area contributed by atoms with E-state index in [9.17, 15) is 0 Å². The molecule has 0 amide bonds. The largest absolute Gasteiger partial charge is 0.497 e. The zero-order chi connectivity index (χ0) is 32.2. The first kappa shape index (κ1) is 30.3. The van der Waals surface area contributed by atoms with Gasteiger partial charge in [0.05, 0.1) is 7.11 Å². The van der Waals surface area contributed by atoms with Gasteiger partial charge in [-0.2, -0.15) is 0 Å². The topological polar surface area (TPSA) is 9.23 Å². The lowest BCUT2D eigenvalue weighted by atomic mass is 9.69. The highest BCUT2D eigenvalue weighted by Gasteiger charge is 2.42. The molecule has 0 fully saturated rings. The molecule has 1 unspecified atom stereocenters. The van der Waals surface area contributed by atoms with E-state index in [1.54, 1.807) is 7.11 Å². The van der Waals surface area contributed by atoms with E-state index < -0.39 is 0 Å². The Balaban J connectivity index is 1.26. The van der Waals surface area contributed by atoms with Crippen molar-refractivity contribution in [1.29, 1.82) is 0 Å². The molecule has 7 rings (SSSR count). The molecule has 0 heterocycles. The zero-order valence-corrected chi connectivity index (χ0v) is 28.5. The van der Waals surface area contributed by atoms with Crippen LogP contribution in [0.1, 0.15) is 94.5 Å². The lowest BCUT2D eigenvalue weighted by Crippen LogP contribution is -2.26. The Labute approximate surface area is 275 Å². The van der Waals surface area contributed by atoms with Gasteiger partial charge in [-0.25, -0.2) is 0 Å². The summed E-state index contributed by atoms with van der Waals surface area (Å²) >= 11 is 0. The predicted octanol–water partition coefficient (Wildman–Crippen LogP) is 12.6. The van der Waals surface area contributed by atoms with Crippen molar-refractivity contribution in [3.8, 4) is 28.0 Å². The third-order valence-corrected chi connectivity index (χ3v) is 11.5. The average Bonchev–Trinajstić information content (AvgIpc) is 3.38. The van der Waals surface area contributed by atoms with E-state index in [1.807, 2.05) is 6.07 Å². The van der Waals surface area contributed by atoms with E-state index in [0.717, 1.165) is 25.0 Å². The van der Waals surface area contributed by atoms with Gasteiger partial charge in [0.15, 0.2) is 0 Å². The van der Waals surface area contributed by atoms with Crippen molar-refractivity contribution in [1.82, 2.24) is 0 Å². The molecule has 0 radical (unpaired) electrons. The maximum Gasteiger partial charge on any atom is 0.119 e. The van der Waals surface area contributed by atoms with Crippen molar-refractivity contribution in [3.05, 3.63) is 137 Å². The Morgan fingerprint density at radius 1 is 0.587 bits per heavy atom. The number of hydrogen-bond donors (Lipinski definition) is 0. The quantitative estimate of drug-likeness (QED) is 0.168. The summed E-state index contributed by atoms with van der Waals surface area (Å²) in [4.78, 5) is 0. The molecule has 1 nitrogen and oxygen atoms in total. The second kappa shape index (κ2) is 11.5. The Morgan fingerprint density at radius 3 is 1.72 bits per heavy atom. The first-order chi connectivity index (χ1) is 22.2. The summed E-state index contributed by atoms with van der Waals surface area (Å²) in [6.07, 6.45) is 3.26. The minimum Gasteiger partial charge on any atom is -0.497 e. The molecule has 0 saturated heterocycles. The first-order valence-electron chi connectivity index (χ1n) is 17.2. The number of rotatable bonds is 8. The summed E-state index contributed by atoms with van der Waals surface area (Å²) in [6, 6.07) is 41.6. The van der Waals surface area contributed by atoms with Crippen molar-refractivity contribution < 1.29 is 4.74 Å². The molecule has 1 atom stereocenters. The fourth-order valence-electron chi connectivity index (χ4n) is 8.10. The summed E-state index contributed by atoms with van der Waals surface area (Å²) in [6.45, 7) is 14.1. The SMILES string of the molecule is CCC(C)(c1ccc2c(c1)C(CC)(CC)c1cc(C(C)C)ccc1-2)c1ccc2cc(-c3ccc4cc(OC)ccc4c3)ccc2c1. The summed E-state index contributed by atoms with van der Waals surface area (Å²) < 4.78 is 5.42. The minimum atomic E-state index is -0.0909. The van der Waals surface area contributed by atoms with Crippen LogP contribution in [0, 0.1) is 0 Å². The lowest BCUT2D eigenvalue weighted by molar-refractivity contribution is 0.415. The van der Waals surface area contributed by atoms with Gasteiger partial charge in [-0.3, -0.25) is 0 Å². The zero-order valence-electron chi connectivity index (χ0n) is 28.5. The summed E-state index contributed by atoms with van der Waals surface area (Å²) in [7, 11) is 1.72. The summed E-state index contributed by atoms with van der Waals surface area (Å²) in [5.41, 5.74) is 12.6. The molecule has 0 bridgehead atoms. The van der Waals surface area contributed by atoms with Crippen molar-refractivity contribution in [2.24, 2.45) is 0 Å². The van der Waals surface area contributed by atoms with Crippen LogP contribution >= 0.6 is 0 Å². The Morgan fingerprint density at radius 2 is 1.11 bits per heavy atom. The Bertz CT molecular complexity index is 2090. The summed E-state index contributed by atoms with van der Waals surface area (Å²) in [5, 5.41) is 4.98. The molecule has 0 spiro atoms. The monoisotopic (exact) mass is 602 g/mol. The van der Waals surface area contributed by atoms with E-state index in [-0.39, 0.29) is 10.8 Å². The van der Waals surface area contributed by atoms with Gasteiger partial charge >= 0.3 is 0 Å². The molecule has 1 aliphatic rings. The molecular formula is C45H46O. The third-order valence-electron chi connectivity index (χ3n) is 11.5. The maximum absolute atomic E-state index is 5.42.